The third-order valence-electron chi connectivity index (χ3n) is 3.59. The predicted octanol–water partition coefficient (Wildman–Crippen LogP) is 1.11. The summed E-state index contributed by atoms with van der Waals surface area (Å²) in [4.78, 5) is 37.1. The van der Waals surface area contributed by atoms with Crippen molar-refractivity contribution in [2.75, 3.05) is 19.6 Å². The van der Waals surface area contributed by atoms with Gasteiger partial charge in [-0.25, -0.2) is 4.39 Å². The monoisotopic (exact) mass is 322 g/mol. The van der Waals surface area contributed by atoms with Gasteiger partial charge in [-0.2, -0.15) is 0 Å². The molecule has 1 aromatic rings. The topological polar surface area (TPSA) is 75.7 Å². The number of carbonyl (C=O) groups excluding carboxylic acids is 3. The molecule has 7 heteroatoms. The van der Waals surface area contributed by atoms with Gasteiger partial charge in [0.2, 0.25) is 0 Å². The number of hydrogen-bond donors (Lipinski definition) is 1. The Labute approximate surface area is 133 Å². The molecule has 124 valence electrons. The van der Waals surface area contributed by atoms with E-state index in [1.807, 2.05) is 0 Å². The minimum Gasteiger partial charge on any atom is -0.451 e. The number of halogens is 1. The van der Waals surface area contributed by atoms with Gasteiger partial charge < -0.3 is 15.0 Å². The first-order valence-electron chi connectivity index (χ1n) is 7.50. The van der Waals surface area contributed by atoms with Gasteiger partial charge in [0.15, 0.2) is 6.10 Å². The van der Waals surface area contributed by atoms with Crippen molar-refractivity contribution in [2.45, 2.75) is 25.9 Å². The van der Waals surface area contributed by atoms with Gasteiger partial charge in [-0.15, -0.1) is 0 Å². The van der Waals surface area contributed by atoms with E-state index in [0.717, 1.165) is 18.9 Å². The summed E-state index contributed by atoms with van der Waals surface area (Å²) in [7, 11) is 0. The highest BCUT2D eigenvalue weighted by Crippen LogP contribution is 2.10. The second-order valence-corrected chi connectivity index (χ2v) is 5.33. The molecule has 0 radical (unpaired) electrons. The average molecular weight is 322 g/mol. The summed E-state index contributed by atoms with van der Waals surface area (Å²) in [5.41, 5.74) is -0.151. The molecule has 1 fully saturated rings. The lowest BCUT2D eigenvalue weighted by Gasteiger charge is -2.20. The molecule has 1 N–H and O–H groups in total. The quantitative estimate of drug-likeness (QED) is 0.824. The number of benzene rings is 1. The van der Waals surface area contributed by atoms with Crippen molar-refractivity contribution in [3.8, 4) is 0 Å². The smallest absolute Gasteiger partial charge is 0.326 e. The van der Waals surface area contributed by atoms with Gasteiger partial charge >= 0.3 is 5.97 Å². The van der Waals surface area contributed by atoms with Crippen LogP contribution in [0, 0.1) is 5.82 Å². The number of nitrogens with zero attached hydrogens (tertiary/aromatic N) is 1. The maximum absolute atomic E-state index is 13.4. The van der Waals surface area contributed by atoms with Crippen LogP contribution in [-0.4, -0.2) is 48.4 Å². The van der Waals surface area contributed by atoms with Gasteiger partial charge in [-0.05, 0) is 31.9 Å². The Morgan fingerprint density at radius 3 is 2.57 bits per heavy atom. The van der Waals surface area contributed by atoms with Crippen LogP contribution in [0.15, 0.2) is 24.3 Å². The maximum atomic E-state index is 13.4. The molecular weight excluding hydrogens is 303 g/mol. The summed E-state index contributed by atoms with van der Waals surface area (Å²) in [6.07, 6.45) is 1.00. The van der Waals surface area contributed by atoms with Crippen LogP contribution in [0.2, 0.25) is 0 Å². The number of esters is 1. The van der Waals surface area contributed by atoms with Crippen molar-refractivity contribution < 1.29 is 23.5 Å². The third kappa shape index (κ3) is 4.51. The van der Waals surface area contributed by atoms with Crippen LogP contribution >= 0.6 is 0 Å². The minimum atomic E-state index is -0.897. The van der Waals surface area contributed by atoms with Crippen LogP contribution in [0.1, 0.15) is 30.1 Å². The van der Waals surface area contributed by atoms with Gasteiger partial charge in [0.05, 0.1) is 5.56 Å². The van der Waals surface area contributed by atoms with Crippen LogP contribution in [0.25, 0.3) is 0 Å². The van der Waals surface area contributed by atoms with E-state index in [2.05, 4.69) is 5.32 Å². The first-order chi connectivity index (χ1) is 11.0. The molecule has 1 aliphatic rings. The Morgan fingerprint density at radius 2 is 1.91 bits per heavy atom. The van der Waals surface area contributed by atoms with Crippen molar-refractivity contribution in [1.29, 1.82) is 0 Å². The molecule has 0 bridgehead atoms. The number of nitrogens with one attached hydrogen (secondary N) is 1. The van der Waals surface area contributed by atoms with E-state index in [1.54, 1.807) is 4.90 Å². The van der Waals surface area contributed by atoms with Crippen molar-refractivity contribution in [3.63, 3.8) is 0 Å². The molecule has 1 atom stereocenters. The molecule has 0 spiro atoms. The fourth-order valence-corrected chi connectivity index (χ4v) is 2.38. The number of ether oxygens (including phenoxy) is 1. The number of rotatable bonds is 5. The summed E-state index contributed by atoms with van der Waals surface area (Å²) >= 11 is 0. The molecule has 6 nitrogen and oxygen atoms in total. The van der Waals surface area contributed by atoms with E-state index in [-0.39, 0.29) is 11.5 Å². The van der Waals surface area contributed by atoms with Crippen molar-refractivity contribution in [1.82, 2.24) is 10.2 Å². The molecular formula is C16H19FN2O4. The first-order valence-corrected chi connectivity index (χ1v) is 7.50. The van der Waals surface area contributed by atoms with Crippen LogP contribution in [0.5, 0.6) is 0 Å². The van der Waals surface area contributed by atoms with Gasteiger partial charge in [0.1, 0.15) is 12.4 Å². The van der Waals surface area contributed by atoms with Gasteiger partial charge in [0, 0.05) is 13.1 Å². The fourth-order valence-electron chi connectivity index (χ4n) is 2.38. The fraction of sp³-hybridized carbons (Fsp3) is 0.438. The highest BCUT2D eigenvalue weighted by atomic mass is 19.1. The zero-order valence-corrected chi connectivity index (χ0v) is 12.9. The Bertz CT molecular complexity index is 599. The van der Waals surface area contributed by atoms with Crippen molar-refractivity contribution in [3.05, 3.63) is 35.6 Å². The summed E-state index contributed by atoms with van der Waals surface area (Å²) in [5.74, 6) is -2.36. The molecule has 0 saturated carbocycles. The number of amides is 2. The molecule has 2 rings (SSSR count). The summed E-state index contributed by atoms with van der Waals surface area (Å²) in [6, 6.07) is 5.46. The molecule has 1 heterocycles. The lowest BCUT2D eigenvalue weighted by atomic mass is 10.2. The van der Waals surface area contributed by atoms with Crippen molar-refractivity contribution >= 4 is 17.8 Å². The highest BCUT2D eigenvalue weighted by molar-refractivity contribution is 5.96. The molecule has 0 unspecified atom stereocenters. The van der Waals surface area contributed by atoms with E-state index in [9.17, 15) is 18.8 Å². The molecule has 1 saturated heterocycles. The molecule has 0 aromatic heterocycles. The predicted molar refractivity (Wildman–Crippen MR) is 80.1 cm³/mol. The maximum Gasteiger partial charge on any atom is 0.326 e. The summed E-state index contributed by atoms with van der Waals surface area (Å²) < 4.78 is 18.4. The van der Waals surface area contributed by atoms with E-state index >= 15 is 0 Å². The zero-order chi connectivity index (χ0) is 16.8. The van der Waals surface area contributed by atoms with Crippen LogP contribution in [0.3, 0.4) is 0 Å². The van der Waals surface area contributed by atoms with Gasteiger partial charge in [-0.3, -0.25) is 14.4 Å². The molecule has 1 aliphatic heterocycles. The molecule has 23 heavy (non-hydrogen) atoms. The van der Waals surface area contributed by atoms with Gasteiger partial charge in [-0.1, -0.05) is 12.1 Å². The normalized spacial score (nSPS) is 15.1. The molecule has 2 amide bonds. The largest absolute Gasteiger partial charge is 0.451 e. The number of likely N-dealkylation sites (tertiary alicyclic amines) is 1. The number of carbonyl (C=O) groups is 3. The molecule has 0 aliphatic carbocycles. The Kier molecular flexibility index (Phi) is 5.67. The highest BCUT2D eigenvalue weighted by Gasteiger charge is 2.26. The second kappa shape index (κ2) is 7.71. The van der Waals surface area contributed by atoms with Crippen LogP contribution < -0.4 is 5.32 Å². The first kappa shape index (κ1) is 16.9. The lowest BCUT2D eigenvalue weighted by Crippen LogP contribution is -2.40. The summed E-state index contributed by atoms with van der Waals surface area (Å²) in [5, 5.41) is 2.28. The van der Waals surface area contributed by atoms with Gasteiger partial charge in [0.25, 0.3) is 11.8 Å². The Morgan fingerprint density at radius 1 is 1.26 bits per heavy atom. The Hall–Kier alpha value is -2.44. The number of hydrogen-bond acceptors (Lipinski definition) is 4. The van der Waals surface area contributed by atoms with Crippen LogP contribution in [0.4, 0.5) is 4.39 Å². The second-order valence-electron chi connectivity index (χ2n) is 5.33. The third-order valence-corrected chi connectivity index (χ3v) is 3.59. The minimum absolute atomic E-state index is 0.151. The average Bonchev–Trinajstić information content (AvgIpc) is 3.06. The standard InChI is InChI=1S/C16H19FN2O4/c1-11(16(22)19-8-4-5-9-19)23-14(20)10-18-15(21)12-6-2-3-7-13(12)17/h2-3,6-7,11H,4-5,8-10H2,1H3,(H,18,21)/t11-/m1/s1. The SMILES string of the molecule is C[C@@H](OC(=O)CNC(=O)c1ccccc1F)C(=O)N1CCCC1. The zero-order valence-electron chi connectivity index (χ0n) is 12.9. The lowest BCUT2D eigenvalue weighted by molar-refractivity contribution is -0.157. The van der Waals surface area contributed by atoms with Crippen LogP contribution in [-0.2, 0) is 14.3 Å². The van der Waals surface area contributed by atoms with E-state index < -0.39 is 30.3 Å². The van der Waals surface area contributed by atoms with E-state index in [1.165, 1.54) is 25.1 Å². The van der Waals surface area contributed by atoms with E-state index in [0.29, 0.717) is 13.1 Å². The van der Waals surface area contributed by atoms with E-state index in [4.69, 9.17) is 4.74 Å². The Balaban J connectivity index is 1.79. The summed E-state index contributed by atoms with van der Waals surface area (Å²) in [6.45, 7) is 2.41. The van der Waals surface area contributed by atoms with Crippen molar-refractivity contribution in [2.24, 2.45) is 0 Å². The molecule has 1 aromatic carbocycles.